The molecular weight excluding hydrogens is 360 g/mol. The summed E-state index contributed by atoms with van der Waals surface area (Å²) in [7, 11) is -2.36. The molecular formula is C17H16N2O4S2. The van der Waals surface area contributed by atoms with E-state index < -0.39 is 15.9 Å². The maximum absolute atomic E-state index is 12.4. The van der Waals surface area contributed by atoms with E-state index in [9.17, 15) is 18.0 Å². The van der Waals surface area contributed by atoms with Crippen molar-refractivity contribution in [2.24, 2.45) is 7.05 Å². The van der Waals surface area contributed by atoms with Crippen LogP contribution in [0.25, 0.3) is 10.2 Å². The molecule has 130 valence electrons. The average Bonchev–Trinajstić information content (AvgIpc) is 2.83. The molecule has 6 nitrogen and oxygen atoms in total. The van der Waals surface area contributed by atoms with Gasteiger partial charge in [0.1, 0.15) is 0 Å². The molecule has 25 heavy (non-hydrogen) atoms. The zero-order valence-corrected chi connectivity index (χ0v) is 15.3. The second-order valence-corrected chi connectivity index (χ2v) is 8.42. The first kappa shape index (κ1) is 17.4. The molecule has 0 unspecified atom stereocenters. The van der Waals surface area contributed by atoms with Crippen molar-refractivity contribution in [1.82, 2.24) is 9.29 Å². The molecule has 0 spiro atoms. The minimum Gasteiger partial charge on any atom is -0.302 e. The average molecular weight is 376 g/mol. The summed E-state index contributed by atoms with van der Waals surface area (Å²) in [6, 6.07) is 11.7. The number of nitrogens with one attached hydrogen (secondary N) is 1. The van der Waals surface area contributed by atoms with E-state index in [1.165, 1.54) is 16.7 Å². The van der Waals surface area contributed by atoms with Crippen molar-refractivity contribution < 1.29 is 13.2 Å². The summed E-state index contributed by atoms with van der Waals surface area (Å²) < 4.78 is 28.9. The monoisotopic (exact) mass is 376 g/mol. The fourth-order valence-electron chi connectivity index (χ4n) is 2.42. The first-order valence-corrected chi connectivity index (χ1v) is 9.77. The van der Waals surface area contributed by atoms with Gasteiger partial charge in [0.05, 0.1) is 21.5 Å². The molecule has 1 aromatic heterocycles. The zero-order chi connectivity index (χ0) is 18.2. The van der Waals surface area contributed by atoms with Crippen LogP contribution in [-0.2, 0) is 28.3 Å². The summed E-state index contributed by atoms with van der Waals surface area (Å²) in [6.45, 7) is 1.93. The van der Waals surface area contributed by atoms with Gasteiger partial charge >= 0.3 is 4.87 Å². The number of sulfonamides is 1. The van der Waals surface area contributed by atoms with Crippen LogP contribution in [0.1, 0.15) is 11.1 Å². The molecule has 0 saturated heterocycles. The van der Waals surface area contributed by atoms with E-state index >= 15 is 0 Å². The molecule has 0 aliphatic carbocycles. The Kier molecular flexibility index (Phi) is 4.49. The summed E-state index contributed by atoms with van der Waals surface area (Å²) in [6.07, 6.45) is -0.0274. The Bertz CT molecular complexity index is 1110. The fraction of sp³-hybridized carbons (Fsp3) is 0.176. The van der Waals surface area contributed by atoms with Crippen molar-refractivity contribution in [3.63, 3.8) is 0 Å². The second kappa shape index (κ2) is 6.45. The lowest BCUT2D eigenvalue weighted by Crippen LogP contribution is -2.31. The Hall–Kier alpha value is -2.45. The van der Waals surface area contributed by atoms with Crippen molar-refractivity contribution >= 4 is 37.5 Å². The molecule has 2 aromatic carbocycles. The van der Waals surface area contributed by atoms with E-state index in [0.29, 0.717) is 10.2 Å². The summed E-state index contributed by atoms with van der Waals surface area (Å²) >= 11 is 0.962. The Morgan fingerprint density at radius 1 is 1.16 bits per heavy atom. The molecule has 0 atom stereocenters. The molecule has 3 aromatic rings. The number of hydrogen-bond donors (Lipinski definition) is 1. The van der Waals surface area contributed by atoms with Gasteiger partial charge in [-0.05, 0) is 30.7 Å². The number of thiazole rings is 1. The number of aromatic nitrogens is 1. The molecule has 3 rings (SSSR count). The van der Waals surface area contributed by atoms with Gasteiger partial charge in [-0.25, -0.2) is 13.1 Å². The molecule has 0 fully saturated rings. The third-order valence-electron chi connectivity index (χ3n) is 3.81. The van der Waals surface area contributed by atoms with Crippen LogP contribution < -0.4 is 9.60 Å². The number of carbonyl (C=O) groups is 1. The highest BCUT2D eigenvalue weighted by Crippen LogP contribution is 2.21. The van der Waals surface area contributed by atoms with Crippen LogP contribution >= 0.6 is 11.3 Å². The van der Waals surface area contributed by atoms with Gasteiger partial charge in [0, 0.05) is 7.05 Å². The van der Waals surface area contributed by atoms with Crippen LogP contribution in [0.5, 0.6) is 0 Å². The normalized spacial score (nSPS) is 11.6. The Balaban J connectivity index is 1.82. The lowest BCUT2D eigenvalue weighted by molar-refractivity contribution is -0.118. The lowest BCUT2D eigenvalue weighted by Gasteiger charge is -2.07. The second-order valence-electron chi connectivity index (χ2n) is 5.75. The van der Waals surface area contributed by atoms with Gasteiger partial charge < -0.3 is 4.57 Å². The van der Waals surface area contributed by atoms with Gasteiger partial charge in [0.2, 0.25) is 5.91 Å². The Morgan fingerprint density at radius 3 is 2.52 bits per heavy atom. The number of aryl methyl sites for hydroxylation is 2. The van der Waals surface area contributed by atoms with Crippen molar-refractivity contribution in [1.29, 1.82) is 0 Å². The van der Waals surface area contributed by atoms with E-state index in [1.54, 1.807) is 25.2 Å². The van der Waals surface area contributed by atoms with Crippen molar-refractivity contribution in [3.8, 4) is 0 Å². The highest BCUT2D eigenvalue weighted by atomic mass is 32.2. The number of rotatable bonds is 4. The predicted octanol–water partition coefficient (Wildman–Crippen LogP) is 1.96. The van der Waals surface area contributed by atoms with Crippen molar-refractivity contribution in [2.75, 3.05) is 0 Å². The zero-order valence-electron chi connectivity index (χ0n) is 13.6. The number of carbonyl (C=O) groups excluding carboxylic acids is 1. The molecule has 1 N–H and O–H groups in total. The first-order chi connectivity index (χ1) is 11.8. The minimum atomic E-state index is -3.99. The van der Waals surface area contributed by atoms with E-state index in [2.05, 4.69) is 4.72 Å². The standard InChI is InChI=1S/C17H16N2O4S2/c1-11-3-5-12(6-4-11)9-16(20)18-25(22,23)13-7-8-14-15(10-13)24-17(21)19(14)2/h3-8,10H,9H2,1-2H3,(H,18,20). The topological polar surface area (TPSA) is 85.2 Å². The number of hydrogen-bond acceptors (Lipinski definition) is 5. The van der Waals surface area contributed by atoms with Gasteiger partial charge in [-0.2, -0.15) is 0 Å². The van der Waals surface area contributed by atoms with E-state index in [0.717, 1.165) is 22.5 Å². The third kappa shape index (κ3) is 3.64. The molecule has 0 radical (unpaired) electrons. The predicted molar refractivity (Wildman–Crippen MR) is 97.3 cm³/mol. The fourth-order valence-corrected chi connectivity index (χ4v) is 4.42. The van der Waals surface area contributed by atoms with Crippen LogP contribution in [0, 0.1) is 6.92 Å². The summed E-state index contributed by atoms with van der Waals surface area (Å²) in [4.78, 5) is 23.5. The van der Waals surface area contributed by atoms with Crippen LogP contribution in [0.2, 0.25) is 0 Å². The van der Waals surface area contributed by atoms with Crippen LogP contribution in [0.3, 0.4) is 0 Å². The summed E-state index contributed by atoms with van der Waals surface area (Å²) in [5.74, 6) is -0.606. The molecule has 0 aliphatic heterocycles. The molecule has 0 saturated carbocycles. The number of amides is 1. The first-order valence-electron chi connectivity index (χ1n) is 7.47. The van der Waals surface area contributed by atoms with Crippen LogP contribution in [-0.4, -0.2) is 18.9 Å². The maximum Gasteiger partial charge on any atom is 0.307 e. The summed E-state index contributed by atoms with van der Waals surface area (Å²) in [5, 5.41) is 0. The summed E-state index contributed by atoms with van der Waals surface area (Å²) in [5.41, 5.74) is 2.45. The van der Waals surface area contributed by atoms with Crippen molar-refractivity contribution in [3.05, 3.63) is 63.3 Å². The minimum absolute atomic E-state index is 0.0274. The van der Waals surface area contributed by atoms with Gasteiger partial charge in [-0.3, -0.25) is 9.59 Å². The van der Waals surface area contributed by atoms with Gasteiger partial charge in [-0.1, -0.05) is 41.2 Å². The maximum atomic E-state index is 12.4. The molecule has 1 amide bonds. The van der Waals surface area contributed by atoms with Crippen LogP contribution in [0.15, 0.2) is 52.2 Å². The number of nitrogens with zero attached hydrogens (tertiary/aromatic N) is 1. The SMILES string of the molecule is Cc1ccc(CC(=O)NS(=O)(=O)c2ccc3c(c2)sc(=O)n3C)cc1. The van der Waals surface area contributed by atoms with Crippen molar-refractivity contribution in [2.45, 2.75) is 18.2 Å². The quantitative estimate of drug-likeness (QED) is 0.754. The smallest absolute Gasteiger partial charge is 0.302 e. The van der Waals surface area contributed by atoms with E-state index in [4.69, 9.17) is 0 Å². The van der Waals surface area contributed by atoms with E-state index in [1.807, 2.05) is 19.1 Å². The highest BCUT2D eigenvalue weighted by molar-refractivity contribution is 7.90. The molecule has 0 aliphatic rings. The van der Waals surface area contributed by atoms with Gasteiger partial charge in [-0.15, -0.1) is 0 Å². The lowest BCUT2D eigenvalue weighted by atomic mass is 10.1. The highest BCUT2D eigenvalue weighted by Gasteiger charge is 2.19. The number of benzene rings is 2. The van der Waals surface area contributed by atoms with Gasteiger partial charge in [0.25, 0.3) is 10.0 Å². The Morgan fingerprint density at radius 2 is 1.84 bits per heavy atom. The Labute approximate surface area is 148 Å². The van der Waals surface area contributed by atoms with Gasteiger partial charge in [0.15, 0.2) is 0 Å². The van der Waals surface area contributed by atoms with E-state index in [-0.39, 0.29) is 16.2 Å². The largest absolute Gasteiger partial charge is 0.307 e. The third-order valence-corrected chi connectivity index (χ3v) is 6.17. The number of fused-ring (bicyclic) bond motifs is 1. The molecule has 0 bridgehead atoms. The molecule has 1 heterocycles. The molecule has 8 heteroatoms. The van der Waals surface area contributed by atoms with Crippen LogP contribution in [0.4, 0.5) is 0 Å².